The van der Waals surface area contributed by atoms with Crippen LogP contribution in [-0.4, -0.2) is 12.6 Å². The van der Waals surface area contributed by atoms with Crippen LogP contribution in [0.5, 0.6) is 0 Å². The number of hydrogen-bond donors (Lipinski definition) is 1. The molecule has 1 aromatic carbocycles. The van der Waals surface area contributed by atoms with Crippen LogP contribution in [0.15, 0.2) is 24.3 Å². The Kier molecular flexibility index (Phi) is 4.17. The zero-order chi connectivity index (χ0) is 12.1. The Morgan fingerprint density at radius 3 is 2.59 bits per heavy atom. The molecule has 1 aromatic rings. The second-order valence-electron chi connectivity index (χ2n) is 4.81. The van der Waals surface area contributed by atoms with E-state index in [1.807, 2.05) is 18.2 Å². The Morgan fingerprint density at radius 1 is 1.24 bits per heavy atom. The van der Waals surface area contributed by atoms with Gasteiger partial charge in [-0.05, 0) is 49.8 Å². The Labute approximate surface area is 104 Å². The summed E-state index contributed by atoms with van der Waals surface area (Å²) < 4.78 is 0. The quantitative estimate of drug-likeness (QED) is 0.862. The van der Waals surface area contributed by atoms with Crippen molar-refractivity contribution < 1.29 is 0 Å². The van der Waals surface area contributed by atoms with Gasteiger partial charge in [-0.2, -0.15) is 5.26 Å². The first-order valence-corrected chi connectivity index (χ1v) is 6.57. The van der Waals surface area contributed by atoms with Gasteiger partial charge in [0.15, 0.2) is 0 Å². The highest BCUT2D eigenvalue weighted by Crippen LogP contribution is 2.34. The van der Waals surface area contributed by atoms with Crippen LogP contribution < -0.4 is 5.32 Å². The van der Waals surface area contributed by atoms with Gasteiger partial charge in [-0.1, -0.05) is 25.1 Å². The van der Waals surface area contributed by atoms with Crippen molar-refractivity contribution in [1.82, 2.24) is 5.32 Å². The summed E-state index contributed by atoms with van der Waals surface area (Å²) in [6.07, 6.45) is 4.88. The lowest BCUT2D eigenvalue weighted by Crippen LogP contribution is -2.32. The molecule has 0 aliphatic heterocycles. The van der Waals surface area contributed by atoms with Crippen molar-refractivity contribution >= 4 is 0 Å². The third-order valence-electron chi connectivity index (χ3n) is 3.74. The van der Waals surface area contributed by atoms with E-state index in [4.69, 9.17) is 5.26 Å². The van der Waals surface area contributed by atoms with E-state index in [0.29, 0.717) is 12.0 Å². The van der Waals surface area contributed by atoms with Crippen molar-refractivity contribution in [3.63, 3.8) is 0 Å². The van der Waals surface area contributed by atoms with Crippen LogP contribution in [0.1, 0.15) is 49.7 Å². The van der Waals surface area contributed by atoms with Crippen molar-refractivity contribution in [2.75, 3.05) is 6.54 Å². The monoisotopic (exact) mass is 228 g/mol. The van der Waals surface area contributed by atoms with Crippen molar-refractivity contribution in [3.8, 4) is 6.07 Å². The van der Waals surface area contributed by atoms with Gasteiger partial charge >= 0.3 is 0 Å². The standard InChI is InChI=1S/C15H20N2/c1-2-17-14-9-7-12(8-10-14)15-6-4-3-5-13(15)11-16/h3-6,12,14,17H,2,7-10H2,1H3. The molecule has 2 heteroatoms. The molecule has 1 aliphatic carbocycles. The van der Waals surface area contributed by atoms with Crippen LogP contribution in [0.4, 0.5) is 0 Å². The first-order valence-electron chi connectivity index (χ1n) is 6.57. The fraction of sp³-hybridized carbons (Fsp3) is 0.533. The van der Waals surface area contributed by atoms with E-state index in [1.54, 1.807) is 0 Å². The molecule has 0 radical (unpaired) electrons. The summed E-state index contributed by atoms with van der Waals surface area (Å²) in [6.45, 7) is 3.22. The Hall–Kier alpha value is -1.33. The van der Waals surface area contributed by atoms with E-state index in [2.05, 4.69) is 24.4 Å². The van der Waals surface area contributed by atoms with E-state index in [-0.39, 0.29) is 0 Å². The van der Waals surface area contributed by atoms with Gasteiger partial charge in [-0.25, -0.2) is 0 Å². The summed E-state index contributed by atoms with van der Waals surface area (Å²) in [5.74, 6) is 0.584. The highest BCUT2D eigenvalue weighted by atomic mass is 14.9. The van der Waals surface area contributed by atoms with E-state index in [1.165, 1.54) is 31.2 Å². The molecule has 2 rings (SSSR count). The number of hydrogen-bond acceptors (Lipinski definition) is 2. The fourth-order valence-corrected chi connectivity index (χ4v) is 2.85. The van der Waals surface area contributed by atoms with Crippen molar-refractivity contribution in [3.05, 3.63) is 35.4 Å². The molecule has 0 spiro atoms. The van der Waals surface area contributed by atoms with Gasteiger partial charge in [0.05, 0.1) is 11.6 Å². The number of rotatable bonds is 3. The minimum absolute atomic E-state index is 0.584. The van der Waals surface area contributed by atoms with Gasteiger partial charge in [-0.15, -0.1) is 0 Å². The summed E-state index contributed by atoms with van der Waals surface area (Å²) in [5.41, 5.74) is 2.12. The molecule has 90 valence electrons. The predicted octanol–water partition coefficient (Wildman–Crippen LogP) is 3.19. The van der Waals surface area contributed by atoms with Crippen molar-refractivity contribution in [2.45, 2.75) is 44.6 Å². The number of nitrogens with zero attached hydrogens (tertiary/aromatic N) is 1. The maximum absolute atomic E-state index is 9.12. The highest BCUT2D eigenvalue weighted by Gasteiger charge is 2.23. The van der Waals surface area contributed by atoms with Gasteiger partial charge in [0.25, 0.3) is 0 Å². The average Bonchev–Trinajstić information content (AvgIpc) is 2.40. The molecular weight excluding hydrogens is 208 g/mol. The number of nitriles is 1. The van der Waals surface area contributed by atoms with Gasteiger partial charge in [0.2, 0.25) is 0 Å². The molecular formula is C15H20N2. The lowest BCUT2D eigenvalue weighted by atomic mass is 9.80. The summed E-state index contributed by atoms with van der Waals surface area (Å²) in [5, 5.41) is 12.6. The molecule has 0 aromatic heterocycles. The fourth-order valence-electron chi connectivity index (χ4n) is 2.85. The third-order valence-corrected chi connectivity index (χ3v) is 3.74. The molecule has 17 heavy (non-hydrogen) atoms. The molecule has 2 nitrogen and oxygen atoms in total. The molecule has 0 bridgehead atoms. The number of benzene rings is 1. The van der Waals surface area contributed by atoms with Gasteiger partial charge in [-0.3, -0.25) is 0 Å². The molecule has 1 aliphatic rings. The number of nitrogens with one attached hydrogen (secondary N) is 1. The first kappa shape index (κ1) is 12.1. The van der Waals surface area contributed by atoms with Gasteiger partial charge in [0.1, 0.15) is 0 Å². The zero-order valence-corrected chi connectivity index (χ0v) is 10.4. The molecule has 0 unspecified atom stereocenters. The van der Waals surface area contributed by atoms with E-state index in [9.17, 15) is 0 Å². The van der Waals surface area contributed by atoms with Crippen LogP contribution >= 0.6 is 0 Å². The maximum atomic E-state index is 9.12. The maximum Gasteiger partial charge on any atom is 0.0994 e. The first-order chi connectivity index (χ1) is 8.35. The molecule has 1 N–H and O–H groups in total. The van der Waals surface area contributed by atoms with Crippen LogP contribution in [0.2, 0.25) is 0 Å². The molecule has 0 heterocycles. The van der Waals surface area contributed by atoms with E-state index in [0.717, 1.165) is 12.1 Å². The molecule has 1 saturated carbocycles. The van der Waals surface area contributed by atoms with E-state index >= 15 is 0 Å². The van der Waals surface area contributed by atoms with Crippen molar-refractivity contribution in [2.24, 2.45) is 0 Å². The Morgan fingerprint density at radius 2 is 1.94 bits per heavy atom. The lowest BCUT2D eigenvalue weighted by molar-refractivity contribution is 0.347. The molecule has 0 atom stereocenters. The van der Waals surface area contributed by atoms with E-state index < -0.39 is 0 Å². The van der Waals surface area contributed by atoms with Crippen LogP contribution in [0.3, 0.4) is 0 Å². The lowest BCUT2D eigenvalue weighted by Gasteiger charge is -2.29. The molecule has 1 fully saturated rings. The zero-order valence-electron chi connectivity index (χ0n) is 10.4. The summed E-state index contributed by atoms with van der Waals surface area (Å²) in [4.78, 5) is 0. The average molecular weight is 228 g/mol. The second kappa shape index (κ2) is 5.84. The smallest absolute Gasteiger partial charge is 0.0994 e. The van der Waals surface area contributed by atoms with Crippen LogP contribution in [0.25, 0.3) is 0 Å². The Balaban J connectivity index is 2.03. The third kappa shape index (κ3) is 2.87. The largest absolute Gasteiger partial charge is 0.314 e. The molecule has 0 saturated heterocycles. The minimum Gasteiger partial charge on any atom is -0.314 e. The SMILES string of the molecule is CCNC1CCC(c2ccccc2C#N)CC1. The summed E-state index contributed by atoms with van der Waals surface area (Å²) in [7, 11) is 0. The second-order valence-corrected chi connectivity index (χ2v) is 4.81. The van der Waals surface area contributed by atoms with Crippen LogP contribution in [-0.2, 0) is 0 Å². The topological polar surface area (TPSA) is 35.8 Å². The van der Waals surface area contributed by atoms with Gasteiger partial charge in [0, 0.05) is 6.04 Å². The summed E-state index contributed by atoms with van der Waals surface area (Å²) in [6, 6.07) is 11.1. The van der Waals surface area contributed by atoms with Gasteiger partial charge < -0.3 is 5.32 Å². The van der Waals surface area contributed by atoms with Crippen molar-refractivity contribution in [1.29, 1.82) is 5.26 Å². The normalized spacial score (nSPS) is 24.2. The predicted molar refractivity (Wildman–Crippen MR) is 69.8 cm³/mol. The Bertz CT molecular complexity index is 398. The van der Waals surface area contributed by atoms with Crippen LogP contribution in [0, 0.1) is 11.3 Å². The minimum atomic E-state index is 0.584. The summed E-state index contributed by atoms with van der Waals surface area (Å²) >= 11 is 0. The molecule has 0 amide bonds. The highest BCUT2D eigenvalue weighted by molar-refractivity contribution is 5.39.